The number of nitrogens with one attached hydrogen (secondary N) is 1. The maximum Gasteiger partial charge on any atom is 0.311 e. The Morgan fingerprint density at radius 1 is 1.08 bits per heavy atom. The third-order valence-electron chi connectivity index (χ3n) is 4.80. The number of para-hydroxylation sites is 1. The molecule has 1 aromatic heterocycles. The molecule has 0 amide bonds. The van der Waals surface area contributed by atoms with Gasteiger partial charge in [0.05, 0.1) is 0 Å². The number of H-pyrrole nitrogens is 1. The van der Waals surface area contributed by atoms with E-state index in [2.05, 4.69) is 23.2 Å². The lowest BCUT2D eigenvalue weighted by atomic mass is 10.1. The highest BCUT2D eigenvalue weighted by Crippen LogP contribution is 2.26. The first kappa shape index (κ1) is 15.0. The van der Waals surface area contributed by atoms with Gasteiger partial charge in [0.1, 0.15) is 5.75 Å². The Bertz CT molecular complexity index is 878. The highest BCUT2D eigenvalue weighted by Gasteiger charge is 2.13. The fraction of sp³-hybridized carbons (Fsp3) is 0.286. The van der Waals surface area contributed by atoms with Crippen molar-refractivity contribution in [3.63, 3.8) is 0 Å². The van der Waals surface area contributed by atoms with E-state index in [9.17, 15) is 4.79 Å². The highest BCUT2D eigenvalue weighted by atomic mass is 16.5. The van der Waals surface area contributed by atoms with Crippen molar-refractivity contribution >= 4 is 16.9 Å². The maximum absolute atomic E-state index is 12.1. The number of aromatic nitrogens is 1. The fourth-order valence-corrected chi connectivity index (χ4v) is 3.56. The molecule has 0 spiro atoms. The molecule has 1 N–H and O–H groups in total. The molecule has 0 atom stereocenters. The van der Waals surface area contributed by atoms with Gasteiger partial charge in [-0.2, -0.15) is 0 Å². The predicted molar refractivity (Wildman–Crippen MR) is 95.3 cm³/mol. The van der Waals surface area contributed by atoms with E-state index < -0.39 is 0 Å². The summed E-state index contributed by atoms with van der Waals surface area (Å²) in [4.78, 5) is 15.3. The summed E-state index contributed by atoms with van der Waals surface area (Å²) in [5, 5.41) is 1.24. The van der Waals surface area contributed by atoms with Gasteiger partial charge >= 0.3 is 5.97 Å². The molecule has 4 rings (SSSR count). The molecule has 1 heterocycles. The Labute approximate surface area is 141 Å². The number of hydrogen-bond acceptors (Lipinski definition) is 2. The molecule has 0 saturated carbocycles. The summed E-state index contributed by atoms with van der Waals surface area (Å²) in [6, 6.07) is 14.3. The fourth-order valence-electron chi connectivity index (χ4n) is 3.56. The second-order valence-electron chi connectivity index (χ2n) is 6.47. The van der Waals surface area contributed by atoms with Gasteiger partial charge in [0.2, 0.25) is 0 Å². The molecule has 2 aromatic carbocycles. The molecule has 0 bridgehead atoms. The standard InChI is InChI=1S/C21H21NO2/c23-21(24-18-12-11-15-5-3-6-16(15)13-18)10-4-7-17-14-22-20-9-2-1-8-19(17)20/h1-2,8-9,11-14,22H,3-7,10H2. The summed E-state index contributed by atoms with van der Waals surface area (Å²) < 4.78 is 5.50. The van der Waals surface area contributed by atoms with Gasteiger partial charge in [-0.3, -0.25) is 4.79 Å². The van der Waals surface area contributed by atoms with Gasteiger partial charge in [-0.25, -0.2) is 0 Å². The quantitative estimate of drug-likeness (QED) is 0.552. The van der Waals surface area contributed by atoms with Crippen LogP contribution in [0.5, 0.6) is 5.75 Å². The second kappa shape index (κ2) is 6.52. The van der Waals surface area contributed by atoms with Crippen LogP contribution in [-0.2, 0) is 24.1 Å². The molecule has 3 heteroatoms. The number of esters is 1. The van der Waals surface area contributed by atoms with Gasteiger partial charge in [0.15, 0.2) is 0 Å². The van der Waals surface area contributed by atoms with Crippen LogP contribution in [0.4, 0.5) is 0 Å². The van der Waals surface area contributed by atoms with Crippen LogP contribution in [0.3, 0.4) is 0 Å². The van der Waals surface area contributed by atoms with E-state index in [4.69, 9.17) is 4.74 Å². The Hall–Kier alpha value is -2.55. The highest BCUT2D eigenvalue weighted by molar-refractivity contribution is 5.83. The first-order chi connectivity index (χ1) is 11.8. The van der Waals surface area contributed by atoms with Crippen LogP contribution in [0.15, 0.2) is 48.7 Å². The zero-order valence-corrected chi connectivity index (χ0v) is 13.7. The van der Waals surface area contributed by atoms with Crippen LogP contribution in [0.2, 0.25) is 0 Å². The van der Waals surface area contributed by atoms with E-state index >= 15 is 0 Å². The molecule has 0 fully saturated rings. The molecule has 1 aliphatic rings. The van der Waals surface area contributed by atoms with Crippen LogP contribution >= 0.6 is 0 Å². The summed E-state index contributed by atoms with van der Waals surface area (Å²) in [7, 11) is 0. The topological polar surface area (TPSA) is 42.1 Å². The lowest BCUT2D eigenvalue weighted by molar-refractivity contribution is -0.134. The average Bonchev–Trinajstić information content (AvgIpc) is 3.21. The zero-order valence-electron chi connectivity index (χ0n) is 13.7. The van der Waals surface area contributed by atoms with E-state index in [1.165, 1.54) is 28.5 Å². The molecule has 1 aliphatic carbocycles. The van der Waals surface area contributed by atoms with Crippen molar-refractivity contribution in [2.24, 2.45) is 0 Å². The smallest absolute Gasteiger partial charge is 0.311 e. The molecule has 24 heavy (non-hydrogen) atoms. The van der Waals surface area contributed by atoms with Gasteiger partial charge in [-0.15, -0.1) is 0 Å². The Balaban J connectivity index is 1.32. The Morgan fingerprint density at radius 2 is 1.96 bits per heavy atom. The predicted octanol–water partition coefficient (Wildman–Crippen LogP) is 4.58. The van der Waals surface area contributed by atoms with Crippen LogP contribution in [0, 0.1) is 0 Å². The van der Waals surface area contributed by atoms with E-state index in [1.54, 1.807) is 0 Å². The minimum atomic E-state index is -0.146. The molecule has 0 radical (unpaired) electrons. The molecule has 3 aromatic rings. The van der Waals surface area contributed by atoms with Gasteiger partial charge in [-0.05, 0) is 67.0 Å². The van der Waals surface area contributed by atoms with Crippen molar-refractivity contribution in [2.45, 2.75) is 38.5 Å². The lowest BCUT2D eigenvalue weighted by Crippen LogP contribution is -2.08. The number of aryl methyl sites for hydroxylation is 3. The van der Waals surface area contributed by atoms with Crippen LogP contribution in [0.25, 0.3) is 10.9 Å². The minimum absolute atomic E-state index is 0.146. The first-order valence-corrected chi connectivity index (χ1v) is 8.67. The number of benzene rings is 2. The largest absolute Gasteiger partial charge is 0.427 e. The van der Waals surface area contributed by atoms with Crippen molar-refractivity contribution in [3.05, 3.63) is 65.4 Å². The van der Waals surface area contributed by atoms with E-state index in [1.807, 2.05) is 30.5 Å². The van der Waals surface area contributed by atoms with E-state index in [-0.39, 0.29) is 5.97 Å². The van der Waals surface area contributed by atoms with Crippen molar-refractivity contribution in [1.29, 1.82) is 0 Å². The third-order valence-corrected chi connectivity index (χ3v) is 4.80. The van der Waals surface area contributed by atoms with Crippen LogP contribution in [-0.4, -0.2) is 11.0 Å². The van der Waals surface area contributed by atoms with Crippen molar-refractivity contribution in [3.8, 4) is 5.75 Å². The van der Waals surface area contributed by atoms with Crippen molar-refractivity contribution in [2.75, 3.05) is 0 Å². The summed E-state index contributed by atoms with van der Waals surface area (Å²) in [6.45, 7) is 0. The zero-order chi connectivity index (χ0) is 16.4. The maximum atomic E-state index is 12.1. The van der Waals surface area contributed by atoms with E-state index in [0.29, 0.717) is 12.2 Å². The van der Waals surface area contributed by atoms with Gasteiger partial charge < -0.3 is 9.72 Å². The molecule has 0 aliphatic heterocycles. The average molecular weight is 319 g/mol. The normalized spacial score (nSPS) is 13.2. The van der Waals surface area contributed by atoms with Crippen molar-refractivity contribution in [1.82, 2.24) is 4.98 Å². The molecular weight excluding hydrogens is 298 g/mol. The number of fused-ring (bicyclic) bond motifs is 2. The van der Waals surface area contributed by atoms with Crippen molar-refractivity contribution < 1.29 is 9.53 Å². The molecule has 0 saturated heterocycles. The third kappa shape index (κ3) is 3.07. The summed E-state index contributed by atoms with van der Waals surface area (Å²) >= 11 is 0. The molecule has 0 unspecified atom stereocenters. The SMILES string of the molecule is O=C(CCCc1c[nH]c2ccccc12)Oc1ccc2c(c1)CCC2. The van der Waals surface area contributed by atoms with Gasteiger partial charge in [0.25, 0.3) is 0 Å². The number of rotatable bonds is 5. The molecule has 3 nitrogen and oxygen atoms in total. The summed E-state index contributed by atoms with van der Waals surface area (Å²) in [5.41, 5.74) is 5.14. The number of aromatic amines is 1. The number of carbonyl (C=O) groups is 1. The first-order valence-electron chi connectivity index (χ1n) is 8.67. The van der Waals surface area contributed by atoms with Gasteiger partial charge in [0, 0.05) is 23.5 Å². The lowest BCUT2D eigenvalue weighted by Gasteiger charge is -2.06. The number of hydrogen-bond donors (Lipinski definition) is 1. The van der Waals surface area contributed by atoms with Crippen LogP contribution in [0.1, 0.15) is 36.0 Å². The summed E-state index contributed by atoms with van der Waals surface area (Å²) in [6.07, 6.45) is 7.61. The summed E-state index contributed by atoms with van der Waals surface area (Å²) in [5.74, 6) is 0.542. The molecular formula is C21H21NO2. The van der Waals surface area contributed by atoms with Crippen LogP contribution < -0.4 is 4.74 Å². The second-order valence-corrected chi connectivity index (χ2v) is 6.47. The monoisotopic (exact) mass is 319 g/mol. The Morgan fingerprint density at radius 3 is 2.92 bits per heavy atom. The van der Waals surface area contributed by atoms with Gasteiger partial charge in [-0.1, -0.05) is 24.3 Å². The Kier molecular flexibility index (Phi) is 4.08. The number of ether oxygens (including phenoxy) is 1. The molecule has 122 valence electrons. The number of carbonyl (C=O) groups excluding carboxylic acids is 1. The van der Waals surface area contributed by atoms with E-state index in [0.717, 1.165) is 31.2 Å². The minimum Gasteiger partial charge on any atom is -0.427 e.